The van der Waals surface area contributed by atoms with Crippen LogP contribution in [-0.4, -0.2) is 43.1 Å². The predicted molar refractivity (Wildman–Crippen MR) is 98.4 cm³/mol. The number of ketones is 1. The van der Waals surface area contributed by atoms with E-state index in [1.165, 1.54) is 11.0 Å². The number of carbonyl (C=O) groups excluding carboxylic acids is 2. The summed E-state index contributed by atoms with van der Waals surface area (Å²) in [6, 6.07) is 6.89. The number of ether oxygens (including phenoxy) is 1. The summed E-state index contributed by atoms with van der Waals surface area (Å²) < 4.78 is 8.10. The summed E-state index contributed by atoms with van der Waals surface area (Å²) in [4.78, 5) is 24.3. The van der Waals surface area contributed by atoms with Gasteiger partial charge in [-0.3, -0.25) is 9.59 Å². The van der Waals surface area contributed by atoms with Crippen LogP contribution in [0.2, 0.25) is 10.0 Å². The Labute approximate surface area is 164 Å². The van der Waals surface area contributed by atoms with Crippen molar-refractivity contribution in [2.75, 3.05) is 6.61 Å². The fraction of sp³-hybridized carbons (Fsp3) is 0.235. The lowest BCUT2D eigenvalue weighted by atomic mass is 10.1. The Balaban J connectivity index is 1.75. The Hall–Kier alpha value is -2.71. The van der Waals surface area contributed by atoms with Crippen LogP contribution in [0.4, 0.5) is 0 Å². The number of esters is 1. The van der Waals surface area contributed by atoms with Crippen molar-refractivity contribution in [3.63, 3.8) is 0 Å². The molecule has 0 N–H and O–H groups in total. The first-order valence-electron chi connectivity index (χ1n) is 7.90. The highest BCUT2D eigenvalue weighted by Gasteiger charge is 2.19. The number of halogens is 2. The van der Waals surface area contributed by atoms with Gasteiger partial charge < -0.3 is 9.30 Å². The molecular formula is C17H15Cl2N5O3. The van der Waals surface area contributed by atoms with Gasteiger partial charge in [0.05, 0.1) is 0 Å². The van der Waals surface area contributed by atoms with E-state index in [2.05, 4.69) is 15.5 Å². The van der Waals surface area contributed by atoms with Crippen molar-refractivity contribution < 1.29 is 14.3 Å². The zero-order valence-electron chi connectivity index (χ0n) is 14.5. The molecule has 0 atom stereocenters. The minimum absolute atomic E-state index is 0.166. The van der Waals surface area contributed by atoms with Crippen LogP contribution in [-0.2, 0) is 16.1 Å². The molecule has 140 valence electrons. The standard InChI is InChI=1S/C17H15Cl2N5O3/c1-10-3-15(11(2)24(10)14-5-12(18)4-13(19)6-14)16(25)8-27-17(26)7-23-9-20-21-22-23/h3-6,9H,7-8H2,1-2H3. The van der Waals surface area contributed by atoms with Gasteiger partial charge in [-0.15, -0.1) is 5.10 Å². The first-order chi connectivity index (χ1) is 12.8. The quantitative estimate of drug-likeness (QED) is 0.460. The van der Waals surface area contributed by atoms with Crippen LogP contribution in [0, 0.1) is 13.8 Å². The third kappa shape index (κ3) is 4.35. The van der Waals surface area contributed by atoms with E-state index in [9.17, 15) is 9.59 Å². The molecule has 2 aromatic heterocycles. The second-order valence-electron chi connectivity index (χ2n) is 5.84. The summed E-state index contributed by atoms with van der Waals surface area (Å²) in [7, 11) is 0. The van der Waals surface area contributed by atoms with E-state index in [-0.39, 0.29) is 18.9 Å². The summed E-state index contributed by atoms with van der Waals surface area (Å²) in [5.41, 5.74) is 2.73. The third-order valence-electron chi connectivity index (χ3n) is 3.88. The van der Waals surface area contributed by atoms with Gasteiger partial charge in [-0.2, -0.15) is 0 Å². The van der Waals surface area contributed by atoms with Gasteiger partial charge in [-0.05, 0) is 48.5 Å². The summed E-state index contributed by atoms with van der Waals surface area (Å²) in [6.07, 6.45) is 1.28. The predicted octanol–water partition coefficient (Wildman–Crippen LogP) is 2.81. The number of tetrazole rings is 1. The fourth-order valence-corrected chi connectivity index (χ4v) is 3.28. The van der Waals surface area contributed by atoms with Gasteiger partial charge >= 0.3 is 5.97 Å². The first-order valence-corrected chi connectivity index (χ1v) is 8.65. The highest BCUT2D eigenvalue weighted by molar-refractivity contribution is 6.34. The average Bonchev–Trinajstić information content (AvgIpc) is 3.19. The lowest BCUT2D eigenvalue weighted by molar-refractivity contribution is -0.143. The average molecular weight is 408 g/mol. The Kier molecular flexibility index (Phi) is 5.57. The van der Waals surface area contributed by atoms with E-state index >= 15 is 0 Å². The van der Waals surface area contributed by atoms with Crippen LogP contribution in [0.5, 0.6) is 0 Å². The molecule has 2 heterocycles. The molecule has 0 fully saturated rings. The Bertz CT molecular complexity index is 978. The molecule has 0 aliphatic rings. The highest BCUT2D eigenvalue weighted by atomic mass is 35.5. The Morgan fingerprint density at radius 2 is 1.81 bits per heavy atom. The lowest BCUT2D eigenvalue weighted by Crippen LogP contribution is -2.19. The molecule has 1 aromatic carbocycles. The zero-order valence-corrected chi connectivity index (χ0v) is 16.0. The fourth-order valence-electron chi connectivity index (χ4n) is 2.77. The van der Waals surface area contributed by atoms with Gasteiger partial charge in [0.1, 0.15) is 12.9 Å². The largest absolute Gasteiger partial charge is 0.456 e. The number of rotatable bonds is 6. The number of aromatic nitrogens is 5. The number of carbonyl (C=O) groups is 2. The molecule has 27 heavy (non-hydrogen) atoms. The smallest absolute Gasteiger partial charge is 0.328 e. The monoisotopic (exact) mass is 407 g/mol. The van der Waals surface area contributed by atoms with Crippen LogP contribution < -0.4 is 0 Å². The third-order valence-corrected chi connectivity index (χ3v) is 4.32. The summed E-state index contributed by atoms with van der Waals surface area (Å²) in [5.74, 6) is -0.918. The van der Waals surface area contributed by atoms with Gasteiger partial charge in [0.25, 0.3) is 0 Å². The SMILES string of the molecule is Cc1cc(C(=O)COC(=O)Cn2cnnn2)c(C)n1-c1cc(Cl)cc(Cl)c1. The minimum atomic E-state index is -0.605. The molecule has 0 saturated carbocycles. The molecule has 0 bridgehead atoms. The number of aryl methyl sites for hydroxylation is 1. The molecule has 0 amide bonds. The number of benzene rings is 1. The van der Waals surface area contributed by atoms with Crippen LogP contribution in [0.25, 0.3) is 5.69 Å². The van der Waals surface area contributed by atoms with Crippen molar-refractivity contribution in [2.45, 2.75) is 20.4 Å². The first kappa shape index (κ1) is 19.1. The van der Waals surface area contributed by atoms with Crippen molar-refractivity contribution in [3.05, 3.63) is 57.6 Å². The number of hydrogen-bond acceptors (Lipinski definition) is 6. The van der Waals surface area contributed by atoms with E-state index in [0.717, 1.165) is 11.4 Å². The van der Waals surface area contributed by atoms with Crippen molar-refractivity contribution in [1.82, 2.24) is 24.8 Å². The molecule has 0 unspecified atom stereocenters. The van der Waals surface area contributed by atoms with E-state index in [1.807, 2.05) is 11.5 Å². The Morgan fingerprint density at radius 3 is 2.44 bits per heavy atom. The molecule has 0 radical (unpaired) electrons. The Morgan fingerprint density at radius 1 is 1.11 bits per heavy atom. The number of Topliss-reactive ketones (excluding diaryl/α,β-unsaturated/α-hetero) is 1. The van der Waals surface area contributed by atoms with Crippen LogP contribution >= 0.6 is 23.2 Å². The number of hydrogen-bond donors (Lipinski definition) is 0. The molecule has 10 heteroatoms. The molecule has 0 aliphatic heterocycles. The van der Waals surface area contributed by atoms with E-state index in [0.29, 0.717) is 21.3 Å². The molecule has 0 aliphatic carbocycles. The second-order valence-corrected chi connectivity index (χ2v) is 6.71. The molecule has 0 spiro atoms. The maximum absolute atomic E-state index is 12.5. The normalized spacial score (nSPS) is 10.8. The van der Waals surface area contributed by atoms with Gasteiger partial charge in [0.2, 0.25) is 5.78 Å². The number of nitrogens with zero attached hydrogens (tertiary/aromatic N) is 5. The van der Waals surface area contributed by atoms with Crippen molar-refractivity contribution in [1.29, 1.82) is 0 Å². The van der Waals surface area contributed by atoms with Crippen molar-refractivity contribution in [3.8, 4) is 5.69 Å². The molecular weight excluding hydrogens is 393 g/mol. The molecule has 0 saturated heterocycles. The molecule has 8 nitrogen and oxygen atoms in total. The summed E-state index contributed by atoms with van der Waals surface area (Å²) in [5, 5.41) is 11.4. The van der Waals surface area contributed by atoms with Crippen molar-refractivity contribution in [2.24, 2.45) is 0 Å². The molecule has 3 rings (SSSR count). The highest BCUT2D eigenvalue weighted by Crippen LogP contribution is 2.26. The van der Waals surface area contributed by atoms with E-state index < -0.39 is 5.97 Å². The van der Waals surface area contributed by atoms with Crippen LogP contribution in [0.15, 0.2) is 30.6 Å². The van der Waals surface area contributed by atoms with E-state index in [4.69, 9.17) is 27.9 Å². The second kappa shape index (κ2) is 7.89. The van der Waals surface area contributed by atoms with Crippen LogP contribution in [0.3, 0.4) is 0 Å². The lowest BCUT2D eigenvalue weighted by Gasteiger charge is -2.11. The minimum Gasteiger partial charge on any atom is -0.456 e. The van der Waals surface area contributed by atoms with Gasteiger partial charge in [-0.25, -0.2) is 4.68 Å². The maximum atomic E-state index is 12.5. The summed E-state index contributed by atoms with van der Waals surface area (Å²) >= 11 is 12.2. The maximum Gasteiger partial charge on any atom is 0.328 e. The van der Waals surface area contributed by atoms with E-state index in [1.54, 1.807) is 31.2 Å². The van der Waals surface area contributed by atoms with Gasteiger partial charge in [0.15, 0.2) is 6.61 Å². The van der Waals surface area contributed by atoms with Crippen LogP contribution in [0.1, 0.15) is 21.7 Å². The van der Waals surface area contributed by atoms with Gasteiger partial charge in [0, 0.05) is 32.7 Å². The summed E-state index contributed by atoms with van der Waals surface area (Å²) in [6.45, 7) is 3.13. The zero-order chi connectivity index (χ0) is 19.6. The topological polar surface area (TPSA) is 91.9 Å². The van der Waals surface area contributed by atoms with Crippen molar-refractivity contribution >= 4 is 35.0 Å². The van der Waals surface area contributed by atoms with Gasteiger partial charge in [-0.1, -0.05) is 23.2 Å². The molecule has 3 aromatic rings.